The Kier molecular flexibility index (Phi) is 3.50. The number of hydrogen-bond donors (Lipinski definition) is 2. The van der Waals surface area contributed by atoms with E-state index in [0.29, 0.717) is 19.6 Å². The van der Waals surface area contributed by atoms with Crippen LogP contribution in [0.3, 0.4) is 0 Å². The molecule has 0 aliphatic carbocycles. The highest BCUT2D eigenvalue weighted by Crippen LogP contribution is 2.29. The van der Waals surface area contributed by atoms with Gasteiger partial charge in [0.1, 0.15) is 11.2 Å². The number of likely N-dealkylation sites (tertiary alicyclic amines) is 1. The Hall–Kier alpha value is -0.810. The number of amides is 1. The molecule has 1 atom stereocenters. The lowest BCUT2D eigenvalue weighted by molar-refractivity contribution is -0.125. The standard InChI is InChI=1S/C11H22N2O3/c1-8(5-12)11(15)6-13(7-11)9(14)16-10(2,3)4/h8,15H,5-7,12H2,1-4H3. The highest BCUT2D eigenvalue weighted by molar-refractivity contribution is 5.69. The summed E-state index contributed by atoms with van der Waals surface area (Å²) < 4.78 is 5.19. The molecule has 1 amide bonds. The van der Waals surface area contributed by atoms with Crippen LogP contribution in [0.25, 0.3) is 0 Å². The van der Waals surface area contributed by atoms with Gasteiger partial charge in [0.25, 0.3) is 0 Å². The second kappa shape index (κ2) is 4.22. The van der Waals surface area contributed by atoms with E-state index in [1.165, 1.54) is 4.90 Å². The van der Waals surface area contributed by atoms with E-state index in [2.05, 4.69) is 0 Å². The van der Waals surface area contributed by atoms with Crippen molar-refractivity contribution in [2.75, 3.05) is 19.6 Å². The smallest absolute Gasteiger partial charge is 0.410 e. The molecule has 1 unspecified atom stereocenters. The minimum Gasteiger partial charge on any atom is -0.444 e. The predicted molar refractivity (Wildman–Crippen MR) is 61.0 cm³/mol. The molecule has 94 valence electrons. The van der Waals surface area contributed by atoms with Crippen molar-refractivity contribution >= 4 is 6.09 Å². The van der Waals surface area contributed by atoms with E-state index < -0.39 is 11.2 Å². The Bertz CT molecular complexity index is 267. The van der Waals surface area contributed by atoms with E-state index >= 15 is 0 Å². The second-order valence-corrected chi connectivity index (χ2v) is 5.58. The third-order valence-corrected chi connectivity index (χ3v) is 2.85. The van der Waals surface area contributed by atoms with Crippen molar-refractivity contribution in [2.24, 2.45) is 11.7 Å². The highest BCUT2D eigenvalue weighted by Gasteiger charge is 2.48. The molecule has 1 saturated heterocycles. The molecule has 5 heteroatoms. The summed E-state index contributed by atoms with van der Waals surface area (Å²) in [4.78, 5) is 13.1. The van der Waals surface area contributed by atoms with Crippen LogP contribution in [-0.2, 0) is 4.74 Å². The lowest BCUT2D eigenvalue weighted by atomic mass is 9.82. The summed E-state index contributed by atoms with van der Waals surface area (Å²) in [6, 6.07) is 0. The Labute approximate surface area is 96.6 Å². The van der Waals surface area contributed by atoms with Gasteiger partial charge in [0, 0.05) is 5.92 Å². The van der Waals surface area contributed by atoms with Crippen molar-refractivity contribution in [1.29, 1.82) is 0 Å². The zero-order valence-electron chi connectivity index (χ0n) is 10.5. The first kappa shape index (κ1) is 13.3. The highest BCUT2D eigenvalue weighted by atomic mass is 16.6. The number of aliphatic hydroxyl groups is 1. The van der Waals surface area contributed by atoms with Gasteiger partial charge in [0.15, 0.2) is 0 Å². The van der Waals surface area contributed by atoms with Gasteiger partial charge in [0.05, 0.1) is 13.1 Å². The Morgan fingerprint density at radius 2 is 2.06 bits per heavy atom. The number of ether oxygens (including phenoxy) is 1. The molecule has 0 aromatic rings. The maximum Gasteiger partial charge on any atom is 0.410 e. The molecule has 16 heavy (non-hydrogen) atoms. The lowest BCUT2D eigenvalue weighted by Gasteiger charge is -2.49. The van der Waals surface area contributed by atoms with Gasteiger partial charge in [-0.1, -0.05) is 6.92 Å². The maximum atomic E-state index is 11.6. The monoisotopic (exact) mass is 230 g/mol. The summed E-state index contributed by atoms with van der Waals surface area (Å²) in [7, 11) is 0. The van der Waals surface area contributed by atoms with E-state index in [1.807, 2.05) is 27.7 Å². The van der Waals surface area contributed by atoms with Gasteiger partial charge in [0.2, 0.25) is 0 Å². The minimum atomic E-state index is -0.842. The molecule has 1 heterocycles. The van der Waals surface area contributed by atoms with Gasteiger partial charge in [-0.05, 0) is 27.3 Å². The van der Waals surface area contributed by atoms with E-state index in [0.717, 1.165) is 0 Å². The number of hydrogen-bond acceptors (Lipinski definition) is 4. The maximum absolute atomic E-state index is 11.6. The van der Waals surface area contributed by atoms with Crippen molar-refractivity contribution in [1.82, 2.24) is 4.90 Å². The predicted octanol–water partition coefficient (Wildman–Crippen LogP) is 0.563. The summed E-state index contributed by atoms with van der Waals surface area (Å²) in [5.74, 6) is -0.00816. The van der Waals surface area contributed by atoms with Crippen LogP contribution in [-0.4, -0.2) is 46.9 Å². The van der Waals surface area contributed by atoms with Crippen molar-refractivity contribution in [3.8, 4) is 0 Å². The number of β-amino-alcohol motifs (C(OH)–C–C–N with tert-alkyl or cyclic N) is 1. The van der Waals surface area contributed by atoms with Crippen LogP contribution in [0.2, 0.25) is 0 Å². The summed E-state index contributed by atoms with van der Waals surface area (Å²) in [5, 5.41) is 10.1. The fraction of sp³-hybridized carbons (Fsp3) is 0.909. The minimum absolute atomic E-state index is 0.00816. The molecule has 0 saturated carbocycles. The number of carbonyl (C=O) groups is 1. The van der Waals surface area contributed by atoms with Crippen LogP contribution >= 0.6 is 0 Å². The van der Waals surface area contributed by atoms with Crippen molar-refractivity contribution in [2.45, 2.75) is 38.9 Å². The topological polar surface area (TPSA) is 75.8 Å². The van der Waals surface area contributed by atoms with Gasteiger partial charge >= 0.3 is 6.09 Å². The van der Waals surface area contributed by atoms with Gasteiger partial charge in [-0.3, -0.25) is 0 Å². The van der Waals surface area contributed by atoms with E-state index in [9.17, 15) is 9.90 Å². The Morgan fingerprint density at radius 1 is 1.56 bits per heavy atom. The van der Waals surface area contributed by atoms with E-state index in [4.69, 9.17) is 10.5 Å². The molecule has 1 fully saturated rings. The van der Waals surface area contributed by atoms with Crippen LogP contribution < -0.4 is 5.73 Å². The first-order chi connectivity index (χ1) is 7.18. The molecular formula is C11H22N2O3. The summed E-state index contributed by atoms with van der Waals surface area (Å²) >= 11 is 0. The molecule has 0 bridgehead atoms. The number of nitrogens with two attached hydrogens (primary N) is 1. The first-order valence-electron chi connectivity index (χ1n) is 5.58. The van der Waals surface area contributed by atoms with Crippen molar-refractivity contribution in [3.05, 3.63) is 0 Å². The first-order valence-corrected chi connectivity index (χ1v) is 5.58. The zero-order chi connectivity index (χ0) is 12.6. The molecule has 1 aliphatic rings. The normalized spacial score (nSPS) is 21.2. The Balaban J connectivity index is 2.44. The fourth-order valence-electron chi connectivity index (χ4n) is 1.60. The van der Waals surface area contributed by atoms with Crippen LogP contribution in [0, 0.1) is 5.92 Å². The molecule has 0 aromatic heterocycles. The third-order valence-electron chi connectivity index (χ3n) is 2.85. The van der Waals surface area contributed by atoms with Gasteiger partial charge in [-0.2, -0.15) is 0 Å². The lowest BCUT2D eigenvalue weighted by Crippen LogP contribution is -2.67. The summed E-state index contributed by atoms with van der Waals surface area (Å²) in [6.07, 6.45) is -0.374. The fourth-order valence-corrected chi connectivity index (χ4v) is 1.60. The average Bonchev–Trinajstić information content (AvgIpc) is 2.08. The van der Waals surface area contributed by atoms with Gasteiger partial charge in [-0.25, -0.2) is 4.79 Å². The molecule has 0 aromatic carbocycles. The number of carbonyl (C=O) groups excluding carboxylic acids is 1. The number of nitrogens with zero attached hydrogens (tertiary/aromatic N) is 1. The summed E-state index contributed by atoms with van der Waals surface area (Å²) in [5.41, 5.74) is 4.16. The Morgan fingerprint density at radius 3 is 2.44 bits per heavy atom. The number of rotatable bonds is 2. The largest absolute Gasteiger partial charge is 0.444 e. The molecule has 5 nitrogen and oxygen atoms in total. The average molecular weight is 230 g/mol. The summed E-state index contributed by atoms with van der Waals surface area (Å²) in [6.45, 7) is 8.36. The van der Waals surface area contributed by atoms with Crippen molar-refractivity contribution < 1.29 is 14.6 Å². The quantitative estimate of drug-likeness (QED) is 0.727. The second-order valence-electron chi connectivity index (χ2n) is 5.58. The zero-order valence-corrected chi connectivity index (χ0v) is 10.5. The van der Waals surface area contributed by atoms with E-state index in [1.54, 1.807) is 0 Å². The van der Waals surface area contributed by atoms with Crippen molar-refractivity contribution in [3.63, 3.8) is 0 Å². The van der Waals surface area contributed by atoms with Crippen LogP contribution in [0.4, 0.5) is 4.79 Å². The van der Waals surface area contributed by atoms with Gasteiger partial charge < -0.3 is 20.5 Å². The molecule has 0 spiro atoms. The van der Waals surface area contributed by atoms with E-state index in [-0.39, 0.29) is 12.0 Å². The van der Waals surface area contributed by atoms with Crippen LogP contribution in [0.15, 0.2) is 0 Å². The van der Waals surface area contributed by atoms with Crippen LogP contribution in [0.5, 0.6) is 0 Å². The molecular weight excluding hydrogens is 208 g/mol. The van der Waals surface area contributed by atoms with Gasteiger partial charge in [-0.15, -0.1) is 0 Å². The molecule has 1 rings (SSSR count). The molecule has 3 N–H and O–H groups in total. The molecule has 0 radical (unpaired) electrons. The third kappa shape index (κ3) is 2.86. The molecule has 1 aliphatic heterocycles. The SMILES string of the molecule is CC(CN)C1(O)CN(C(=O)OC(C)(C)C)C1. The van der Waals surface area contributed by atoms with Crippen LogP contribution in [0.1, 0.15) is 27.7 Å².